The molecule has 0 bridgehead atoms. The molecule has 430 valence electrons. The lowest BCUT2D eigenvalue weighted by Gasteiger charge is -2.37. The van der Waals surface area contributed by atoms with Gasteiger partial charge in [-0.25, -0.2) is 0 Å². The van der Waals surface area contributed by atoms with E-state index >= 15 is 0 Å². The van der Waals surface area contributed by atoms with Gasteiger partial charge in [0.05, 0.1) is 12.1 Å². The minimum Gasteiger partial charge on any atom is -0.343 e. The summed E-state index contributed by atoms with van der Waals surface area (Å²) >= 11 is 0. The smallest absolute Gasteiger partial charge is 0.253 e. The first kappa shape index (κ1) is 59.7. The van der Waals surface area contributed by atoms with E-state index < -0.39 is 24.2 Å². The van der Waals surface area contributed by atoms with Gasteiger partial charge in [-0.2, -0.15) is 0 Å². The Morgan fingerprint density at radius 2 is 0.838 bits per heavy atom. The van der Waals surface area contributed by atoms with Crippen LogP contribution in [0.1, 0.15) is 149 Å². The zero-order chi connectivity index (χ0) is 56.4. The van der Waals surface area contributed by atoms with E-state index in [9.17, 15) is 28.8 Å². The van der Waals surface area contributed by atoms with E-state index in [1.54, 1.807) is 0 Å². The maximum absolute atomic E-state index is 14.7. The lowest BCUT2D eigenvalue weighted by molar-refractivity contribution is -0.139. The Bertz CT molecular complexity index is 2440. The first-order valence-electron chi connectivity index (χ1n) is 30.5. The first-order chi connectivity index (χ1) is 38.9. The van der Waals surface area contributed by atoms with Gasteiger partial charge in [0.25, 0.3) is 11.8 Å². The van der Waals surface area contributed by atoms with Crippen LogP contribution in [-0.2, 0) is 32.0 Å². The van der Waals surface area contributed by atoms with Gasteiger partial charge in [-0.1, -0.05) is 137 Å². The molecule has 0 aromatic heterocycles. The van der Waals surface area contributed by atoms with E-state index in [2.05, 4.69) is 45.5 Å². The quantitative estimate of drug-likeness (QED) is 0.0512. The van der Waals surface area contributed by atoms with Crippen LogP contribution in [-0.4, -0.2) is 144 Å². The molecule has 6 amide bonds. The van der Waals surface area contributed by atoms with Crippen LogP contribution in [0.3, 0.4) is 0 Å². The fraction of sp³-hybridized carbons (Fsp3) is 0.545. The normalized spacial score (nSPS) is 19.4. The van der Waals surface area contributed by atoms with Crippen LogP contribution in [0.25, 0.3) is 11.1 Å². The molecule has 0 spiro atoms. The Balaban J connectivity index is 0.968. The molecule has 2 heterocycles. The van der Waals surface area contributed by atoms with E-state index in [4.69, 9.17) is 0 Å². The fourth-order valence-electron chi connectivity index (χ4n) is 12.9. The van der Waals surface area contributed by atoms with Crippen LogP contribution in [0.5, 0.6) is 0 Å². The number of rotatable bonds is 25. The van der Waals surface area contributed by atoms with E-state index in [1.807, 2.05) is 132 Å². The van der Waals surface area contributed by atoms with Crippen LogP contribution in [0.2, 0.25) is 0 Å². The monoisotopic (exact) mass is 1090 g/mol. The molecule has 80 heavy (non-hydrogen) atoms. The second-order valence-electron chi connectivity index (χ2n) is 23.1. The second-order valence-corrected chi connectivity index (χ2v) is 23.1. The summed E-state index contributed by atoms with van der Waals surface area (Å²) < 4.78 is 0. The summed E-state index contributed by atoms with van der Waals surface area (Å²) in [5.41, 5.74) is 5.17. The molecule has 2 aliphatic carbocycles. The van der Waals surface area contributed by atoms with Crippen LogP contribution >= 0.6 is 0 Å². The number of carbonyl (C=O) groups excluding carboxylic acids is 6. The van der Waals surface area contributed by atoms with Crippen molar-refractivity contribution in [2.24, 2.45) is 11.8 Å². The Hall–Kier alpha value is -6.38. The highest BCUT2D eigenvalue weighted by Gasteiger charge is 2.42. The van der Waals surface area contributed by atoms with Gasteiger partial charge < -0.3 is 40.9 Å². The maximum Gasteiger partial charge on any atom is 0.253 e. The van der Waals surface area contributed by atoms with Crippen molar-refractivity contribution in [3.05, 3.63) is 131 Å². The predicted octanol–water partition coefficient (Wildman–Crippen LogP) is 8.83. The van der Waals surface area contributed by atoms with E-state index in [-0.39, 0.29) is 59.4 Å². The van der Waals surface area contributed by atoms with Crippen molar-refractivity contribution in [1.29, 1.82) is 0 Å². The Morgan fingerprint density at radius 1 is 0.475 bits per heavy atom. The zero-order valence-corrected chi connectivity index (χ0v) is 48.2. The molecule has 14 nitrogen and oxygen atoms in total. The fourth-order valence-corrected chi connectivity index (χ4v) is 12.9. The molecule has 2 saturated carbocycles. The predicted molar refractivity (Wildman–Crippen MR) is 317 cm³/mol. The number of hydrogen-bond donors (Lipinski definition) is 4. The molecule has 2 saturated heterocycles. The largest absolute Gasteiger partial charge is 0.343 e. The molecule has 2 aliphatic heterocycles. The van der Waals surface area contributed by atoms with Gasteiger partial charge in [-0.05, 0) is 150 Å². The highest BCUT2D eigenvalue weighted by Crippen LogP contribution is 2.32. The summed E-state index contributed by atoms with van der Waals surface area (Å²) in [4.78, 5) is 93.4. The molecule has 0 radical (unpaired) electrons. The topological polar surface area (TPSA) is 163 Å². The maximum atomic E-state index is 14.7. The number of likely N-dealkylation sites (tertiary alicyclic amines) is 2. The van der Waals surface area contributed by atoms with Crippen molar-refractivity contribution in [2.45, 2.75) is 167 Å². The molecular weight excluding hydrogens is 1000 g/mol. The van der Waals surface area contributed by atoms with Gasteiger partial charge in [-0.3, -0.25) is 28.8 Å². The number of nitrogens with one attached hydrogen (secondary N) is 4. The first-order valence-corrected chi connectivity index (χ1v) is 30.5. The van der Waals surface area contributed by atoms with Gasteiger partial charge >= 0.3 is 0 Å². The Labute approximate surface area is 476 Å². The van der Waals surface area contributed by atoms with Crippen LogP contribution in [0, 0.1) is 11.8 Å². The van der Waals surface area contributed by atoms with Crippen molar-refractivity contribution >= 4 is 35.4 Å². The lowest BCUT2D eigenvalue weighted by atomic mass is 9.83. The SMILES string of the molecule is CCN[C@@H](C)C(=O)N[C@H](C(=O)N1CCC[C@@H]1CN(CCc1ccccc1)C(=O)c1ccc(-c2ccc(C(=O)N(CCc3ccccc3)C[C@@H]3CCCN3C(=O)[C@@H](NC(=O)[C@H](C)NCC)C3CCCCC3)cc2)cc1)C1CCCCC1. The van der Waals surface area contributed by atoms with Crippen molar-refractivity contribution < 1.29 is 28.8 Å². The molecule has 8 rings (SSSR count). The number of carbonyl (C=O) groups is 6. The number of benzene rings is 4. The molecule has 4 N–H and O–H groups in total. The van der Waals surface area contributed by atoms with E-state index in [0.717, 1.165) is 112 Å². The highest BCUT2D eigenvalue weighted by atomic mass is 16.2. The van der Waals surface area contributed by atoms with Gasteiger partial charge in [0.1, 0.15) is 12.1 Å². The third-order valence-corrected chi connectivity index (χ3v) is 17.6. The number of hydrogen-bond acceptors (Lipinski definition) is 8. The van der Waals surface area contributed by atoms with Crippen molar-refractivity contribution in [2.75, 3.05) is 52.4 Å². The molecule has 6 atom stereocenters. The molecule has 0 unspecified atom stereocenters. The summed E-state index contributed by atoms with van der Waals surface area (Å²) in [7, 11) is 0. The van der Waals surface area contributed by atoms with E-state index in [0.29, 0.717) is 76.3 Å². The molecule has 14 heteroatoms. The summed E-state index contributed by atoms with van der Waals surface area (Å²) in [6, 6.07) is 33.3. The lowest BCUT2D eigenvalue weighted by Crippen LogP contribution is -2.57. The van der Waals surface area contributed by atoms with Gasteiger partial charge in [0.2, 0.25) is 23.6 Å². The molecule has 4 aromatic rings. The van der Waals surface area contributed by atoms with Crippen molar-refractivity contribution in [1.82, 2.24) is 40.9 Å². The minimum atomic E-state index is -0.597. The Kier molecular flexibility index (Phi) is 22.3. The minimum absolute atomic E-state index is 0.0344. The third kappa shape index (κ3) is 16.0. The average molecular weight is 1090 g/mol. The van der Waals surface area contributed by atoms with Gasteiger partial charge in [-0.15, -0.1) is 0 Å². The standard InChI is InChI=1S/C66H90N8O6/c1-5-67-47(3)61(75)69-59(53-25-15-9-16-26-53)65(79)73-41-19-29-57(73)45-71(43-39-49-21-11-7-12-22-49)63(77)55-35-31-51(32-36-55)52-33-37-56(38-34-52)64(78)72(44-40-50-23-13-8-14-24-50)46-58-30-20-42-74(58)66(80)60(54-27-17-10-18-28-54)70-62(76)48(4)68-6-2/h7-8,11-14,21-24,31-38,47-48,53-54,57-60,67-68H,5-6,9-10,15-20,25-30,39-46H2,1-4H3,(H,69,75)(H,70,76)/t47-,48-,57-,58+,59-,60-/m0/s1. The highest BCUT2D eigenvalue weighted by molar-refractivity contribution is 5.96. The average Bonchev–Trinajstić information content (AvgIpc) is 4.18. The van der Waals surface area contributed by atoms with E-state index in [1.165, 1.54) is 0 Å². The molecule has 4 aliphatic rings. The van der Waals surface area contributed by atoms with Crippen molar-refractivity contribution in [3.8, 4) is 11.1 Å². The van der Waals surface area contributed by atoms with Crippen LogP contribution < -0.4 is 21.3 Å². The molecular formula is C66H90N8O6. The summed E-state index contributed by atoms with van der Waals surface area (Å²) in [6.45, 7) is 11.9. The van der Waals surface area contributed by atoms with Crippen LogP contribution in [0.4, 0.5) is 0 Å². The second kappa shape index (κ2) is 29.9. The number of likely N-dealkylation sites (N-methyl/N-ethyl adjacent to an activating group) is 2. The van der Waals surface area contributed by atoms with Crippen molar-refractivity contribution in [3.63, 3.8) is 0 Å². The zero-order valence-electron chi connectivity index (χ0n) is 48.2. The summed E-state index contributed by atoms with van der Waals surface area (Å²) in [5.74, 6) is -0.424. The summed E-state index contributed by atoms with van der Waals surface area (Å²) in [5, 5.41) is 12.8. The Morgan fingerprint density at radius 3 is 1.19 bits per heavy atom. The molecule has 4 fully saturated rings. The summed E-state index contributed by atoms with van der Waals surface area (Å²) in [6.07, 6.45) is 14.6. The number of nitrogens with zero attached hydrogens (tertiary/aromatic N) is 4. The number of amides is 6. The van der Waals surface area contributed by atoms with Gasteiger partial charge in [0, 0.05) is 62.5 Å². The third-order valence-electron chi connectivity index (χ3n) is 17.6. The van der Waals surface area contributed by atoms with Gasteiger partial charge in [0.15, 0.2) is 0 Å². The molecule has 4 aromatic carbocycles. The van der Waals surface area contributed by atoms with Crippen LogP contribution in [0.15, 0.2) is 109 Å².